The first-order valence-electron chi connectivity index (χ1n) is 8.40. The highest BCUT2D eigenvalue weighted by Crippen LogP contribution is 2.25. The third-order valence-electron chi connectivity index (χ3n) is 4.92. The summed E-state index contributed by atoms with van der Waals surface area (Å²) in [4.78, 5) is 39.6. The number of hydrogen-bond acceptors (Lipinski definition) is 4. The highest BCUT2D eigenvalue weighted by Gasteiger charge is 2.42. The van der Waals surface area contributed by atoms with Gasteiger partial charge < -0.3 is 19.6 Å². The van der Waals surface area contributed by atoms with E-state index in [1.807, 2.05) is 37.3 Å². The zero-order valence-corrected chi connectivity index (χ0v) is 14.1. The fourth-order valence-corrected chi connectivity index (χ4v) is 3.47. The summed E-state index contributed by atoms with van der Waals surface area (Å²) in [5.74, 6) is -2.02. The number of carbonyl (C=O) groups is 3. The van der Waals surface area contributed by atoms with Crippen molar-refractivity contribution in [3.63, 3.8) is 0 Å². The fourth-order valence-electron chi connectivity index (χ4n) is 3.47. The Hall–Kier alpha value is -2.41. The van der Waals surface area contributed by atoms with E-state index in [1.54, 1.807) is 9.80 Å². The molecule has 7 nitrogen and oxygen atoms in total. The van der Waals surface area contributed by atoms with Gasteiger partial charge in [-0.2, -0.15) is 0 Å². The maximum Gasteiger partial charge on any atom is 0.308 e. The molecule has 3 atom stereocenters. The van der Waals surface area contributed by atoms with Gasteiger partial charge in [-0.05, 0) is 11.5 Å². The maximum atomic E-state index is 12.9. The van der Waals surface area contributed by atoms with Gasteiger partial charge in [-0.25, -0.2) is 0 Å². The number of carboxylic acid groups (broad SMARTS) is 1. The second-order valence-corrected chi connectivity index (χ2v) is 6.70. The lowest BCUT2D eigenvalue weighted by atomic mass is 9.99. The number of nitrogens with zero attached hydrogens (tertiary/aromatic N) is 2. The Morgan fingerprint density at radius 3 is 2.60 bits per heavy atom. The minimum atomic E-state index is -0.889. The molecule has 2 saturated heterocycles. The zero-order chi connectivity index (χ0) is 18.0. The number of morpholine rings is 1. The van der Waals surface area contributed by atoms with Crippen molar-refractivity contribution in [1.29, 1.82) is 0 Å². The van der Waals surface area contributed by atoms with Gasteiger partial charge in [-0.3, -0.25) is 14.4 Å². The fraction of sp³-hybridized carbons (Fsp3) is 0.500. The molecule has 3 rings (SSSR count). The highest BCUT2D eigenvalue weighted by atomic mass is 16.5. The molecule has 0 aromatic heterocycles. The number of benzene rings is 1. The van der Waals surface area contributed by atoms with Crippen LogP contribution in [0.1, 0.15) is 12.5 Å². The van der Waals surface area contributed by atoms with E-state index in [2.05, 4.69) is 0 Å². The molecule has 2 aliphatic heterocycles. The van der Waals surface area contributed by atoms with Crippen molar-refractivity contribution in [2.75, 3.05) is 26.3 Å². The Labute approximate surface area is 146 Å². The summed E-state index contributed by atoms with van der Waals surface area (Å²) in [6, 6.07) is 8.77. The average Bonchev–Trinajstić information content (AvgIpc) is 2.99. The van der Waals surface area contributed by atoms with Crippen molar-refractivity contribution < 1.29 is 24.2 Å². The van der Waals surface area contributed by atoms with Crippen molar-refractivity contribution in [3.8, 4) is 0 Å². The number of rotatable bonds is 4. The molecule has 0 radical (unpaired) electrons. The van der Waals surface area contributed by atoms with Crippen LogP contribution in [0, 0.1) is 11.8 Å². The molecule has 25 heavy (non-hydrogen) atoms. The lowest BCUT2D eigenvalue weighted by molar-refractivity contribution is -0.159. The Morgan fingerprint density at radius 2 is 1.96 bits per heavy atom. The van der Waals surface area contributed by atoms with Crippen LogP contribution in [0.15, 0.2) is 30.3 Å². The molecular weight excluding hydrogens is 324 g/mol. The lowest BCUT2D eigenvalue weighted by Gasteiger charge is -2.36. The molecule has 0 unspecified atom stereocenters. The predicted octanol–water partition coefficient (Wildman–Crippen LogP) is 0.593. The van der Waals surface area contributed by atoms with Gasteiger partial charge in [0, 0.05) is 19.6 Å². The summed E-state index contributed by atoms with van der Waals surface area (Å²) in [6.07, 6.45) is 0. The average molecular weight is 346 g/mol. The lowest BCUT2D eigenvalue weighted by Crippen LogP contribution is -2.56. The van der Waals surface area contributed by atoms with Gasteiger partial charge >= 0.3 is 5.97 Å². The van der Waals surface area contributed by atoms with Gasteiger partial charge in [-0.15, -0.1) is 0 Å². The van der Waals surface area contributed by atoms with E-state index in [4.69, 9.17) is 4.74 Å². The monoisotopic (exact) mass is 346 g/mol. The molecule has 2 fully saturated rings. The van der Waals surface area contributed by atoms with Gasteiger partial charge in [0.25, 0.3) is 0 Å². The van der Waals surface area contributed by atoms with Crippen LogP contribution in [-0.2, 0) is 25.7 Å². The van der Waals surface area contributed by atoms with E-state index >= 15 is 0 Å². The van der Waals surface area contributed by atoms with Gasteiger partial charge in [0.05, 0.1) is 12.5 Å². The van der Waals surface area contributed by atoms with Crippen LogP contribution in [0.4, 0.5) is 0 Å². The predicted molar refractivity (Wildman–Crippen MR) is 88.5 cm³/mol. The number of amides is 2. The standard InChI is InChI=1S/C18H22N2O5/c1-12-7-19(9-14(12)18(23)24)17(22)15-10-25-11-16(21)20(15)8-13-5-3-2-4-6-13/h2-6,12,14-15H,7-11H2,1H3,(H,23,24)/t12-,14-,15-/m1/s1. The van der Waals surface area contributed by atoms with Crippen LogP contribution in [0.2, 0.25) is 0 Å². The SMILES string of the molecule is C[C@@H]1CN(C(=O)[C@H]2COCC(=O)N2Cc2ccccc2)C[C@H]1C(=O)O. The Bertz CT molecular complexity index is 663. The molecule has 0 aliphatic carbocycles. The van der Waals surface area contributed by atoms with Gasteiger partial charge in [0.15, 0.2) is 0 Å². The third kappa shape index (κ3) is 3.66. The summed E-state index contributed by atoms with van der Waals surface area (Å²) in [5, 5.41) is 9.26. The summed E-state index contributed by atoms with van der Waals surface area (Å²) < 4.78 is 5.29. The summed E-state index contributed by atoms with van der Waals surface area (Å²) in [5.41, 5.74) is 0.939. The van der Waals surface area contributed by atoms with E-state index in [1.165, 1.54) is 0 Å². The van der Waals surface area contributed by atoms with Crippen LogP contribution in [0.25, 0.3) is 0 Å². The quantitative estimate of drug-likeness (QED) is 0.862. The molecule has 1 aromatic rings. The van der Waals surface area contributed by atoms with Crippen LogP contribution >= 0.6 is 0 Å². The second kappa shape index (κ2) is 7.23. The number of carbonyl (C=O) groups excluding carboxylic acids is 2. The molecule has 134 valence electrons. The molecule has 1 N–H and O–H groups in total. The highest BCUT2D eigenvalue weighted by molar-refractivity contribution is 5.89. The number of aliphatic carboxylic acids is 1. The maximum absolute atomic E-state index is 12.9. The van der Waals surface area contributed by atoms with Gasteiger partial charge in [-0.1, -0.05) is 37.3 Å². The molecule has 0 saturated carbocycles. The van der Waals surface area contributed by atoms with E-state index in [-0.39, 0.29) is 37.5 Å². The van der Waals surface area contributed by atoms with E-state index in [0.29, 0.717) is 13.1 Å². The molecule has 1 aromatic carbocycles. The topological polar surface area (TPSA) is 87.2 Å². The third-order valence-corrected chi connectivity index (χ3v) is 4.92. The minimum absolute atomic E-state index is 0.0369. The van der Waals surface area contributed by atoms with E-state index < -0.39 is 17.9 Å². The molecule has 2 amide bonds. The molecule has 7 heteroatoms. The Kier molecular flexibility index (Phi) is 5.03. The zero-order valence-electron chi connectivity index (χ0n) is 14.1. The smallest absolute Gasteiger partial charge is 0.308 e. The normalized spacial score (nSPS) is 26.8. The number of ether oxygens (including phenoxy) is 1. The van der Waals surface area contributed by atoms with Crippen LogP contribution in [0.3, 0.4) is 0 Å². The van der Waals surface area contributed by atoms with Crippen molar-refractivity contribution in [1.82, 2.24) is 9.80 Å². The molecule has 0 bridgehead atoms. The summed E-state index contributed by atoms with van der Waals surface area (Å²) in [7, 11) is 0. The number of likely N-dealkylation sites (tertiary alicyclic amines) is 1. The minimum Gasteiger partial charge on any atom is -0.481 e. The van der Waals surface area contributed by atoms with Crippen molar-refractivity contribution in [2.24, 2.45) is 11.8 Å². The summed E-state index contributed by atoms with van der Waals surface area (Å²) in [6.45, 7) is 2.84. The molecule has 2 aliphatic rings. The Morgan fingerprint density at radius 1 is 1.24 bits per heavy atom. The van der Waals surface area contributed by atoms with Crippen LogP contribution < -0.4 is 0 Å². The first kappa shape index (κ1) is 17.4. The van der Waals surface area contributed by atoms with E-state index in [0.717, 1.165) is 5.56 Å². The van der Waals surface area contributed by atoms with Gasteiger partial charge in [0.2, 0.25) is 11.8 Å². The largest absolute Gasteiger partial charge is 0.481 e. The van der Waals surface area contributed by atoms with Gasteiger partial charge in [0.1, 0.15) is 12.6 Å². The van der Waals surface area contributed by atoms with Crippen molar-refractivity contribution >= 4 is 17.8 Å². The van der Waals surface area contributed by atoms with Crippen molar-refractivity contribution in [2.45, 2.75) is 19.5 Å². The van der Waals surface area contributed by atoms with Crippen molar-refractivity contribution in [3.05, 3.63) is 35.9 Å². The molecule has 2 heterocycles. The van der Waals surface area contributed by atoms with Crippen LogP contribution in [-0.4, -0.2) is 65.0 Å². The summed E-state index contributed by atoms with van der Waals surface area (Å²) >= 11 is 0. The number of carboxylic acids is 1. The first-order chi connectivity index (χ1) is 12.0. The van der Waals surface area contributed by atoms with Crippen LogP contribution in [0.5, 0.6) is 0 Å². The molecular formula is C18H22N2O5. The molecule has 0 spiro atoms. The number of hydrogen-bond donors (Lipinski definition) is 1. The van der Waals surface area contributed by atoms with E-state index in [9.17, 15) is 19.5 Å². The second-order valence-electron chi connectivity index (χ2n) is 6.70. The Balaban J connectivity index is 1.75. The first-order valence-corrected chi connectivity index (χ1v) is 8.40.